The Morgan fingerprint density at radius 3 is 1.14 bits per heavy atom. The van der Waals surface area contributed by atoms with Crippen LogP contribution in [0.3, 0.4) is 0 Å². The number of hydrogen-bond acceptors (Lipinski definition) is 5. The molecule has 8 bridgehead atoms. The second-order valence-corrected chi connectivity index (χ2v) is 19.0. The molecule has 3 aromatic heterocycles. The number of carboxylic acids is 1. The Kier molecular flexibility index (Phi) is 13.0. The monoisotopic (exact) mass is 1000 g/mol. The van der Waals surface area contributed by atoms with Crippen LogP contribution in [0.5, 0.6) is 0 Å². The molecule has 9 heteroatoms. The molecule has 0 unspecified atom stereocenters. The van der Waals surface area contributed by atoms with E-state index in [0.29, 0.717) is 22.4 Å². The summed E-state index contributed by atoms with van der Waals surface area (Å²) in [7, 11) is 0. The molecule has 0 saturated carbocycles. The van der Waals surface area contributed by atoms with Gasteiger partial charge in [-0.1, -0.05) is 125 Å². The average Bonchev–Trinajstić information content (AvgIpc) is 4.23. The van der Waals surface area contributed by atoms with Crippen molar-refractivity contribution in [3.05, 3.63) is 225 Å². The van der Waals surface area contributed by atoms with Crippen molar-refractivity contribution < 1.29 is 29.4 Å². The van der Waals surface area contributed by atoms with Crippen molar-refractivity contribution in [3.63, 3.8) is 0 Å². The van der Waals surface area contributed by atoms with Crippen molar-refractivity contribution in [1.29, 1.82) is 0 Å². The Balaban J connectivity index is 0.00000611. The van der Waals surface area contributed by atoms with Gasteiger partial charge in [-0.3, -0.25) is 0 Å². The van der Waals surface area contributed by atoms with E-state index in [-0.39, 0.29) is 25.0 Å². The van der Waals surface area contributed by atoms with Gasteiger partial charge in [-0.15, -0.1) is 22.1 Å². The van der Waals surface area contributed by atoms with E-state index in [1.165, 1.54) is 5.56 Å². The van der Waals surface area contributed by atoms with Crippen LogP contribution in [0.4, 0.5) is 34.1 Å². The molecule has 1 N–H and O–H groups in total. The molecule has 73 heavy (non-hydrogen) atoms. The molecule has 2 aliphatic rings. The van der Waals surface area contributed by atoms with Gasteiger partial charge in [-0.05, 0) is 167 Å². The third-order valence-corrected chi connectivity index (χ3v) is 13.5. The fraction of sp³-hybridized carbons (Fsp3) is 0.109. The van der Waals surface area contributed by atoms with Gasteiger partial charge >= 0.3 is 25.4 Å². The minimum Gasteiger partial charge on any atom is -0.657 e. The van der Waals surface area contributed by atoms with Crippen LogP contribution in [0.15, 0.2) is 158 Å². The average molecular weight is 1000 g/mol. The number of carbonyl (C=O) groups is 1. The van der Waals surface area contributed by atoms with Crippen LogP contribution < -0.4 is 19.8 Å². The predicted octanol–water partition coefficient (Wildman–Crippen LogP) is 16.0. The van der Waals surface area contributed by atoms with Gasteiger partial charge in [-0.25, -0.2) is 14.8 Å². The van der Waals surface area contributed by atoms with Crippen molar-refractivity contribution in [2.45, 2.75) is 48.5 Å². The Morgan fingerprint density at radius 1 is 0.397 bits per heavy atom. The van der Waals surface area contributed by atoms with Crippen LogP contribution in [0.2, 0.25) is 0 Å². The van der Waals surface area contributed by atoms with Crippen LogP contribution in [0.1, 0.15) is 72.1 Å². The van der Waals surface area contributed by atoms with Gasteiger partial charge in [0.1, 0.15) is 0 Å². The maximum Gasteiger partial charge on any atom is 2.00 e. The van der Waals surface area contributed by atoms with Crippen molar-refractivity contribution in [3.8, 4) is 22.3 Å². The van der Waals surface area contributed by atoms with Crippen LogP contribution in [0.25, 0.3) is 68.6 Å². The zero-order valence-electron chi connectivity index (χ0n) is 42.1. The van der Waals surface area contributed by atoms with Gasteiger partial charge in [-0.2, -0.15) is 0 Å². The number of benzene rings is 6. The predicted molar refractivity (Wildman–Crippen MR) is 297 cm³/mol. The normalized spacial score (nSPS) is 11.7. The van der Waals surface area contributed by atoms with Gasteiger partial charge in [0.2, 0.25) is 0 Å². The van der Waals surface area contributed by atoms with Gasteiger partial charge in [0, 0.05) is 22.7 Å². The molecule has 0 saturated heterocycles. The third kappa shape index (κ3) is 9.25. The fourth-order valence-corrected chi connectivity index (χ4v) is 10.0. The molecular formula is C64H52N6O2Zn. The molecule has 11 rings (SSSR count). The van der Waals surface area contributed by atoms with E-state index >= 15 is 0 Å². The van der Waals surface area contributed by atoms with E-state index in [2.05, 4.69) is 204 Å². The maximum atomic E-state index is 12.1. The van der Waals surface area contributed by atoms with Crippen LogP contribution in [-0.2, 0) is 19.5 Å². The maximum absolute atomic E-state index is 12.1. The number of carboxylic acid groups (broad SMARTS) is 1. The molecule has 0 spiro atoms. The molecule has 0 radical (unpaired) electrons. The Morgan fingerprint density at radius 2 is 0.740 bits per heavy atom. The SMILES string of the molecule is Cc1ccc(N(c2ccc(C)cc2)c2c3nc(c(-c4ccc(C(=O)O)cc4)c4ccc([n-]4)c(-c4c(C)cc(C)cc4C)c4nc(c(N(c5ccc(C)cc5)c5ccc(C)cc5)c5ccc2[n-]5)C=C4)C=C3)cc1.[Zn+2]. The minimum atomic E-state index is -0.994. The summed E-state index contributed by atoms with van der Waals surface area (Å²) in [5.41, 5.74) is 22.9. The zero-order valence-corrected chi connectivity index (χ0v) is 45.0. The molecule has 352 valence electrons. The summed E-state index contributed by atoms with van der Waals surface area (Å²) in [4.78, 5) is 39.1. The molecular weight excluding hydrogens is 950 g/mol. The standard InChI is InChI=1S/C64H53N6O2.Zn/c1-38-8-20-47(21-9-38)69(48-22-10-39(2)11-23-48)62-55-32-30-52(66-55)60(45-16-18-46(19-17-45)64(71)72)51-28-29-53(65-51)61(59-43(6)36-42(5)37-44(59)7)54-31-33-56(67-54)63(58-35-34-57(62)68-58)70(49-24-12-40(3)13-25-49)50-26-14-41(4)15-27-50;/h8-37H,1-7H3,(H2-,65,66,67,68,71,72);/q-1;+2/p-1. The van der Waals surface area contributed by atoms with Crippen molar-refractivity contribution in [1.82, 2.24) is 19.9 Å². The van der Waals surface area contributed by atoms with Crippen molar-refractivity contribution in [2.24, 2.45) is 0 Å². The molecule has 2 aliphatic heterocycles. The van der Waals surface area contributed by atoms with Gasteiger partial charge in [0.15, 0.2) is 0 Å². The molecule has 0 atom stereocenters. The molecule has 8 nitrogen and oxygen atoms in total. The molecule has 5 heterocycles. The number of rotatable bonds is 9. The first-order chi connectivity index (χ1) is 34.9. The van der Waals surface area contributed by atoms with Gasteiger partial charge in [0.25, 0.3) is 0 Å². The van der Waals surface area contributed by atoms with E-state index in [1.54, 1.807) is 12.1 Å². The smallest absolute Gasteiger partial charge is 0.657 e. The quantitative estimate of drug-likeness (QED) is 0.143. The molecule has 6 aromatic carbocycles. The summed E-state index contributed by atoms with van der Waals surface area (Å²) in [6.07, 6.45) is 8.30. The third-order valence-electron chi connectivity index (χ3n) is 13.5. The van der Waals surface area contributed by atoms with E-state index < -0.39 is 5.97 Å². The number of aryl methyl sites for hydroxylation is 7. The summed E-state index contributed by atoms with van der Waals surface area (Å²) in [5.74, 6) is -0.994. The number of anilines is 6. The van der Waals surface area contributed by atoms with E-state index in [1.807, 2.05) is 24.3 Å². The summed E-state index contributed by atoms with van der Waals surface area (Å²) in [6, 6.07) is 54.0. The second-order valence-electron chi connectivity index (χ2n) is 19.0. The summed E-state index contributed by atoms with van der Waals surface area (Å²) in [6.45, 7) is 14.8. The van der Waals surface area contributed by atoms with Crippen LogP contribution in [0, 0.1) is 48.5 Å². The number of fused-ring (bicyclic) bond motifs is 8. The van der Waals surface area contributed by atoms with Gasteiger partial charge in [0.05, 0.1) is 39.7 Å². The topological polar surface area (TPSA) is 97.8 Å². The summed E-state index contributed by atoms with van der Waals surface area (Å²) < 4.78 is 0. The Labute approximate surface area is 438 Å². The van der Waals surface area contributed by atoms with Crippen molar-refractivity contribution >= 4 is 86.5 Å². The van der Waals surface area contributed by atoms with Crippen molar-refractivity contribution in [2.75, 3.05) is 9.80 Å². The summed E-state index contributed by atoms with van der Waals surface area (Å²) >= 11 is 0. The first-order valence-electron chi connectivity index (χ1n) is 24.2. The number of aromatic carboxylic acids is 1. The number of aromatic nitrogens is 4. The van der Waals surface area contributed by atoms with E-state index in [4.69, 9.17) is 19.9 Å². The largest absolute Gasteiger partial charge is 2.00 e. The first-order valence-corrected chi connectivity index (χ1v) is 24.2. The molecule has 0 fully saturated rings. The van der Waals surface area contributed by atoms with E-state index in [0.717, 1.165) is 112 Å². The molecule has 0 aliphatic carbocycles. The number of hydrogen-bond donors (Lipinski definition) is 1. The second kappa shape index (κ2) is 19.7. The van der Waals surface area contributed by atoms with Gasteiger partial charge < -0.3 is 24.9 Å². The Bertz CT molecular complexity index is 3720. The fourth-order valence-electron chi connectivity index (χ4n) is 10.0. The zero-order chi connectivity index (χ0) is 49.8. The summed E-state index contributed by atoms with van der Waals surface area (Å²) in [5, 5.41) is 9.95. The van der Waals surface area contributed by atoms with Crippen LogP contribution >= 0.6 is 0 Å². The molecule has 0 amide bonds. The number of nitrogens with zero attached hydrogens (tertiary/aromatic N) is 6. The van der Waals surface area contributed by atoms with E-state index in [9.17, 15) is 9.90 Å². The van der Waals surface area contributed by atoms with Crippen LogP contribution in [-0.4, -0.2) is 21.0 Å². The Hall–Kier alpha value is -8.39. The first kappa shape index (κ1) is 48.3. The molecule has 9 aromatic rings. The minimum absolute atomic E-state index is 0.